The summed E-state index contributed by atoms with van der Waals surface area (Å²) in [6.45, 7) is 1.98. The van der Waals surface area contributed by atoms with Crippen LogP contribution in [-0.2, 0) is 0 Å². The summed E-state index contributed by atoms with van der Waals surface area (Å²) in [5.74, 6) is 0.794. The molecule has 0 fully saturated rings. The second-order valence-corrected chi connectivity index (χ2v) is 4.67. The van der Waals surface area contributed by atoms with Gasteiger partial charge in [-0.25, -0.2) is 15.0 Å². The molecule has 0 atom stereocenters. The molecule has 0 amide bonds. The number of para-hydroxylation sites is 1. The molecule has 0 aliphatic rings. The molecule has 5 heteroatoms. The molecule has 5 nitrogen and oxygen atoms in total. The molecule has 0 unspecified atom stereocenters. The monoisotopic (exact) mass is 261 g/mol. The number of hydrogen-bond donors (Lipinski definition) is 1. The first-order valence-electron chi connectivity index (χ1n) is 6.34. The Morgan fingerprint density at radius 1 is 1.10 bits per heavy atom. The minimum atomic E-state index is 0.675. The first kappa shape index (κ1) is 11.0. The van der Waals surface area contributed by atoms with Gasteiger partial charge in [0, 0.05) is 16.6 Å². The first-order valence-corrected chi connectivity index (χ1v) is 6.34. The van der Waals surface area contributed by atoms with Crippen LogP contribution in [0, 0.1) is 6.92 Å². The van der Waals surface area contributed by atoms with Crippen molar-refractivity contribution in [2.24, 2.45) is 0 Å². The SMILES string of the molecule is Cc1cc(-c2nc3ncncc3[nH]2)c2ccccc2n1. The van der Waals surface area contributed by atoms with E-state index in [9.17, 15) is 0 Å². The number of aryl methyl sites for hydroxylation is 1. The highest BCUT2D eigenvalue weighted by Gasteiger charge is 2.10. The minimum Gasteiger partial charge on any atom is -0.335 e. The second-order valence-electron chi connectivity index (χ2n) is 4.67. The Hall–Kier alpha value is -2.82. The van der Waals surface area contributed by atoms with E-state index in [2.05, 4.69) is 31.0 Å². The molecule has 0 aliphatic heterocycles. The van der Waals surface area contributed by atoms with E-state index in [4.69, 9.17) is 0 Å². The van der Waals surface area contributed by atoms with Crippen LogP contribution in [0.15, 0.2) is 42.9 Å². The van der Waals surface area contributed by atoms with Crippen LogP contribution < -0.4 is 0 Å². The van der Waals surface area contributed by atoms with Gasteiger partial charge in [0.1, 0.15) is 17.7 Å². The normalized spacial score (nSPS) is 11.2. The number of pyridine rings is 1. The number of rotatable bonds is 1. The van der Waals surface area contributed by atoms with Gasteiger partial charge in [0.15, 0.2) is 5.65 Å². The maximum Gasteiger partial charge on any atom is 0.181 e. The van der Waals surface area contributed by atoms with Crippen molar-refractivity contribution in [2.45, 2.75) is 6.92 Å². The Labute approximate surface area is 114 Å². The van der Waals surface area contributed by atoms with Crippen molar-refractivity contribution in [1.82, 2.24) is 24.9 Å². The van der Waals surface area contributed by atoms with E-state index in [0.29, 0.717) is 5.65 Å². The first-order chi connectivity index (χ1) is 9.81. The van der Waals surface area contributed by atoms with Crippen LogP contribution in [0.4, 0.5) is 0 Å². The number of fused-ring (bicyclic) bond motifs is 2. The van der Waals surface area contributed by atoms with Gasteiger partial charge < -0.3 is 4.98 Å². The van der Waals surface area contributed by atoms with Crippen molar-refractivity contribution in [2.75, 3.05) is 0 Å². The molecular weight excluding hydrogens is 250 g/mol. The Morgan fingerprint density at radius 2 is 2.00 bits per heavy atom. The number of hydrogen-bond acceptors (Lipinski definition) is 4. The van der Waals surface area contributed by atoms with Gasteiger partial charge >= 0.3 is 0 Å². The van der Waals surface area contributed by atoms with E-state index in [0.717, 1.165) is 33.5 Å². The van der Waals surface area contributed by atoms with Crippen molar-refractivity contribution in [3.8, 4) is 11.4 Å². The topological polar surface area (TPSA) is 67.3 Å². The minimum absolute atomic E-state index is 0.675. The molecular formula is C15H11N5. The molecule has 3 aromatic heterocycles. The average Bonchev–Trinajstić information content (AvgIpc) is 2.90. The zero-order valence-corrected chi connectivity index (χ0v) is 10.8. The van der Waals surface area contributed by atoms with Gasteiger partial charge in [-0.05, 0) is 19.1 Å². The molecule has 20 heavy (non-hydrogen) atoms. The van der Waals surface area contributed by atoms with Gasteiger partial charge in [-0.2, -0.15) is 0 Å². The summed E-state index contributed by atoms with van der Waals surface area (Å²) in [7, 11) is 0. The summed E-state index contributed by atoms with van der Waals surface area (Å²) in [6.07, 6.45) is 3.23. The lowest BCUT2D eigenvalue weighted by Crippen LogP contribution is -1.89. The molecule has 96 valence electrons. The number of nitrogens with zero attached hydrogens (tertiary/aromatic N) is 4. The molecule has 0 radical (unpaired) electrons. The van der Waals surface area contributed by atoms with Crippen LogP contribution in [0.1, 0.15) is 5.69 Å². The van der Waals surface area contributed by atoms with Gasteiger partial charge in [-0.15, -0.1) is 0 Å². The third-order valence-electron chi connectivity index (χ3n) is 3.26. The highest BCUT2D eigenvalue weighted by Crippen LogP contribution is 2.27. The smallest absolute Gasteiger partial charge is 0.181 e. The van der Waals surface area contributed by atoms with E-state index >= 15 is 0 Å². The van der Waals surface area contributed by atoms with Crippen molar-refractivity contribution < 1.29 is 0 Å². The van der Waals surface area contributed by atoms with Gasteiger partial charge in [-0.1, -0.05) is 18.2 Å². The maximum absolute atomic E-state index is 4.55. The summed E-state index contributed by atoms with van der Waals surface area (Å²) in [5, 5.41) is 1.07. The molecule has 0 spiro atoms. The van der Waals surface area contributed by atoms with Gasteiger partial charge in [0.05, 0.1) is 11.7 Å². The third-order valence-corrected chi connectivity index (χ3v) is 3.26. The number of aromatic amines is 1. The summed E-state index contributed by atoms with van der Waals surface area (Å²) < 4.78 is 0. The van der Waals surface area contributed by atoms with Gasteiger partial charge in [-0.3, -0.25) is 4.98 Å². The number of H-pyrrole nitrogens is 1. The van der Waals surface area contributed by atoms with Crippen LogP contribution in [0.3, 0.4) is 0 Å². The van der Waals surface area contributed by atoms with Crippen LogP contribution in [0.25, 0.3) is 33.5 Å². The molecule has 0 saturated heterocycles. The fourth-order valence-corrected chi connectivity index (χ4v) is 2.39. The van der Waals surface area contributed by atoms with Crippen LogP contribution in [-0.4, -0.2) is 24.9 Å². The number of benzene rings is 1. The second kappa shape index (κ2) is 4.09. The number of imidazole rings is 1. The average molecular weight is 261 g/mol. The molecule has 4 aromatic rings. The number of nitrogens with one attached hydrogen (secondary N) is 1. The zero-order valence-electron chi connectivity index (χ0n) is 10.8. The van der Waals surface area contributed by atoms with Crippen LogP contribution in [0.5, 0.6) is 0 Å². The summed E-state index contributed by atoms with van der Waals surface area (Å²) >= 11 is 0. The molecule has 0 saturated carbocycles. The van der Waals surface area contributed by atoms with Crippen LogP contribution >= 0.6 is 0 Å². The third kappa shape index (κ3) is 1.64. The quantitative estimate of drug-likeness (QED) is 0.572. The largest absolute Gasteiger partial charge is 0.335 e. The Bertz CT molecular complexity index is 893. The Balaban J connectivity index is 2.06. The molecule has 0 bridgehead atoms. The number of aromatic nitrogens is 5. The summed E-state index contributed by atoms with van der Waals surface area (Å²) in [5.41, 5.74) is 4.47. The predicted octanol–water partition coefficient (Wildman–Crippen LogP) is 2.88. The Morgan fingerprint density at radius 3 is 2.90 bits per heavy atom. The van der Waals surface area contributed by atoms with E-state index < -0.39 is 0 Å². The molecule has 4 rings (SSSR count). The highest BCUT2D eigenvalue weighted by molar-refractivity contribution is 5.94. The van der Waals surface area contributed by atoms with E-state index in [1.807, 2.05) is 31.2 Å². The molecule has 3 heterocycles. The van der Waals surface area contributed by atoms with Crippen molar-refractivity contribution >= 4 is 22.1 Å². The summed E-state index contributed by atoms with van der Waals surface area (Å²) in [4.78, 5) is 20.5. The maximum atomic E-state index is 4.55. The van der Waals surface area contributed by atoms with E-state index in [1.54, 1.807) is 6.20 Å². The fourth-order valence-electron chi connectivity index (χ4n) is 2.39. The lowest BCUT2D eigenvalue weighted by Gasteiger charge is -2.05. The predicted molar refractivity (Wildman–Crippen MR) is 77.2 cm³/mol. The van der Waals surface area contributed by atoms with Crippen LogP contribution in [0.2, 0.25) is 0 Å². The van der Waals surface area contributed by atoms with Crippen molar-refractivity contribution in [1.29, 1.82) is 0 Å². The standard InChI is InChI=1S/C15H11N5/c1-9-6-11(10-4-2-3-5-12(10)18-9)14-19-13-7-16-8-17-15(13)20-14/h2-8H,1H3,(H,16,17,19,20). The molecule has 1 N–H and O–H groups in total. The lowest BCUT2D eigenvalue weighted by atomic mass is 10.1. The summed E-state index contributed by atoms with van der Waals surface area (Å²) in [6, 6.07) is 10.1. The van der Waals surface area contributed by atoms with E-state index in [1.165, 1.54) is 6.33 Å². The molecule has 0 aliphatic carbocycles. The highest BCUT2D eigenvalue weighted by atomic mass is 15.0. The van der Waals surface area contributed by atoms with Crippen molar-refractivity contribution in [3.05, 3.63) is 48.5 Å². The zero-order chi connectivity index (χ0) is 13.5. The fraction of sp³-hybridized carbons (Fsp3) is 0.0667. The van der Waals surface area contributed by atoms with E-state index in [-0.39, 0.29) is 0 Å². The van der Waals surface area contributed by atoms with Gasteiger partial charge in [0.2, 0.25) is 0 Å². The molecule has 1 aromatic carbocycles. The Kier molecular flexibility index (Phi) is 2.26. The van der Waals surface area contributed by atoms with Crippen molar-refractivity contribution in [3.63, 3.8) is 0 Å². The van der Waals surface area contributed by atoms with Gasteiger partial charge in [0.25, 0.3) is 0 Å². The lowest BCUT2D eigenvalue weighted by molar-refractivity contribution is 1.20.